The van der Waals surface area contributed by atoms with Crippen LogP contribution in [0.15, 0.2) is 6.20 Å². The molecule has 4 heterocycles. The zero-order chi connectivity index (χ0) is 38.2. The summed E-state index contributed by atoms with van der Waals surface area (Å²) in [6.45, 7) is 14.1. The number of nitrogens with zero attached hydrogens (tertiary/aromatic N) is 5. The SMILES string of the molecule is CC[C@H]1OC(=O)[C@H](C)C(=O)[C@H](C)[C@@H](O[C@@H]2O[C@H](C)C[C@H](N(C)CCc3cn(P)nn3)[C@H]2O)[C@](C)(OC)C[C@@H](C)C(=O)[C@H](C)[C@H]2N(N)C(=O)O[C@]12C. The molecule has 17 heteroatoms. The van der Waals surface area contributed by atoms with Crippen LogP contribution in [0.4, 0.5) is 4.79 Å². The maximum atomic E-state index is 14.2. The third kappa shape index (κ3) is 8.32. The van der Waals surface area contributed by atoms with E-state index < -0.39 is 83.4 Å². The second-order valence-corrected chi connectivity index (χ2v) is 15.6. The van der Waals surface area contributed by atoms with E-state index in [2.05, 4.69) is 19.7 Å². The number of ketones is 2. The molecule has 51 heavy (non-hydrogen) atoms. The van der Waals surface area contributed by atoms with Gasteiger partial charge in [-0.3, -0.25) is 14.4 Å². The van der Waals surface area contributed by atoms with Gasteiger partial charge in [-0.15, -0.1) is 5.10 Å². The Bertz CT molecular complexity index is 1430. The number of hydrogen-bond donors (Lipinski definition) is 2. The van der Waals surface area contributed by atoms with Crippen molar-refractivity contribution in [3.63, 3.8) is 0 Å². The highest BCUT2D eigenvalue weighted by Crippen LogP contribution is 2.42. The van der Waals surface area contributed by atoms with Crippen molar-refractivity contribution in [2.75, 3.05) is 20.7 Å². The van der Waals surface area contributed by atoms with Crippen molar-refractivity contribution in [2.24, 2.45) is 29.5 Å². The number of Topliss-reactive ketones (excluding diaryl/α,β-unsaturated/α-hetero) is 2. The second-order valence-electron chi connectivity index (χ2n) is 15.0. The zero-order valence-electron chi connectivity index (χ0n) is 31.5. The van der Waals surface area contributed by atoms with Crippen LogP contribution in [0.1, 0.15) is 80.3 Å². The van der Waals surface area contributed by atoms with Gasteiger partial charge in [0.05, 0.1) is 29.7 Å². The van der Waals surface area contributed by atoms with E-state index >= 15 is 0 Å². The number of nitrogens with two attached hydrogens (primary N) is 1. The summed E-state index contributed by atoms with van der Waals surface area (Å²) in [7, 11) is 5.81. The monoisotopic (exact) mass is 740 g/mol. The number of aromatic nitrogens is 3. The summed E-state index contributed by atoms with van der Waals surface area (Å²) in [5.74, 6) is 0.909. The van der Waals surface area contributed by atoms with Crippen molar-refractivity contribution in [3.05, 3.63) is 11.9 Å². The number of hydrazine groups is 1. The largest absolute Gasteiger partial charge is 0.458 e. The van der Waals surface area contributed by atoms with Gasteiger partial charge in [-0.1, -0.05) is 32.9 Å². The van der Waals surface area contributed by atoms with Crippen LogP contribution in [0.5, 0.6) is 0 Å². The Kier molecular flexibility index (Phi) is 13.1. The average Bonchev–Trinajstić information content (AvgIpc) is 3.61. The number of amides is 1. The maximum absolute atomic E-state index is 14.2. The average molecular weight is 741 g/mol. The van der Waals surface area contributed by atoms with E-state index in [1.54, 1.807) is 46.0 Å². The molecule has 3 N–H and O–H groups in total. The van der Waals surface area contributed by atoms with Crippen molar-refractivity contribution < 1.29 is 48.0 Å². The number of methoxy groups -OCH3 is 1. The quantitative estimate of drug-likeness (QED) is 0.129. The van der Waals surface area contributed by atoms with Crippen LogP contribution in [0.2, 0.25) is 0 Å². The topological polar surface area (TPSA) is 198 Å². The second kappa shape index (κ2) is 16.2. The summed E-state index contributed by atoms with van der Waals surface area (Å²) in [5.41, 5.74) is -1.97. The van der Waals surface area contributed by atoms with Crippen molar-refractivity contribution in [3.8, 4) is 0 Å². The lowest BCUT2D eigenvalue weighted by atomic mass is 9.73. The number of aliphatic hydroxyl groups excluding tert-OH is 1. The number of esters is 1. The van der Waals surface area contributed by atoms with E-state index in [-0.39, 0.29) is 30.8 Å². The van der Waals surface area contributed by atoms with Gasteiger partial charge in [0.15, 0.2) is 17.7 Å². The fourth-order valence-electron chi connectivity index (χ4n) is 8.22. The number of ether oxygens (including phenoxy) is 5. The molecule has 14 atom stereocenters. The number of rotatable bonds is 8. The van der Waals surface area contributed by atoms with Gasteiger partial charge in [0.25, 0.3) is 0 Å². The third-order valence-corrected chi connectivity index (χ3v) is 11.5. The summed E-state index contributed by atoms with van der Waals surface area (Å²) >= 11 is 0. The molecule has 1 amide bonds. The Morgan fingerprint density at radius 1 is 1.12 bits per heavy atom. The van der Waals surface area contributed by atoms with Crippen LogP contribution in [-0.4, -0.2) is 128 Å². The Morgan fingerprint density at radius 2 is 1.78 bits per heavy atom. The molecule has 0 saturated carbocycles. The molecule has 16 nitrogen and oxygen atoms in total. The molecular weight excluding hydrogens is 683 g/mol. The number of likely N-dealkylation sites (N-methyl/N-ethyl adjacent to an activating group) is 1. The molecule has 1 aromatic rings. The van der Waals surface area contributed by atoms with Gasteiger partial charge in [-0.05, 0) is 63.4 Å². The van der Waals surface area contributed by atoms with Gasteiger partial charge in [-0.25, -0.2) is 20.1 Å². The van der Waals surface area contributed by atoms with Crippen LogP contribution >= 0.6 is 9.39 Å². The Hall–Kier alpha value is -2.59. The molecule has 288 valence electrons. The first kappa shape index (κ1) is 41.2. The number of aliphatic hydroxyl groups is 1. The maximum Gasteiger partial charge on any atom is 0.425 e. The van der Waals surface area contributed by atoms with E-state index in [0.29, 0.717) is 19.4 Å². The standard InChI is InChI=1S/C34H57N6O10P/c1-11-24-34(8)28(40(35)32(45)50-34)19(4)25(41)17(2)15-33(7,46-10)29(20(5)26(42)21(6)30(44)48-24)49-31-27(43)23(14-18(3)47-31)38(9)13-12-22-16-39(51)37-36-22/h16-21,23-24,27-29,31,43H,11-15,35,51H2,1-10H3/t17-,18-,19+,20+,21-,23+,24-,27-,28-,29-,31+,33-,34-/m1/s1. The van der Waals surface area contributed by atoms with Crippen molar-refractivity contribution in [1.82, 2.24) is 24.7 Å². The van der Waals surface area contributed by atoms with E-state index in [4.69, 9.17) is 29.5 Å². The minimum atomic E-state index is -1.47. The fourth-order valence-corrected chi connectivity index (χ4v) is 8.44. The molecule has 0 aliphatic carbocycles. The van der Waals surface area contributed by atoms with Gasteiger partial charge >= 0.3 is 12.1 Å². The normalized spacial score (nSPS) is 40.2. The lowest BCUT2D eigenvalue weighted by molar-refractivity contribution is -0.296. The smallest absolute Gasteiger partial charge is 0.425 e. The molecule has 0 radical (unpaired) electrons. The van der Waals surface area contributed by atoms with Gasteiger partial charge in [0.2, 0.25) is 0 Å². The summed E-state index contributed by atoms with van der Waals surface area (Å²) in [5, 5.41) is 20.7. The number of hydrogen-bond acceptors (Lipinski definition) is 14. The van der Waals surface area contributed by atoms with Crippen molar-refractivity contribution >= 4 is 33.0 Å². The number of cyclic esters (lactones) is 1. The zero-order valence-corrected chi connectivity index (χ0v) is 32.6. The fraction of sp³-hybridized carbons (Fsp3) is 0.824. The first-order valence-electron chi connectivity index (χ1n) is 17.7. The Balaban J connectivity index is 1.69. The number of carbonyl (C=O) groups excluding carboxylic acids is 4. The highest BCUT2D eigenvalue weighted by atomic mass is 31.0. The highest BCUT2D eigenvalue weighted by molar-refractivity contribution is 7.14. The van der Waals surface area contributed by atoms with Crippen LogP contribution in [0, 0.1) is 23.7 Å². The molecule has 3 saturated heterocycles. The van der Waals surface area contributed by atoms with Gasteiger partial charge in [0.1, 0.15) is 30.0 Å². The van der Waals surface area contributed by atoms with E-state index in [0.717, 1.165) is 10.7 Å². The molecule has 3 aliphatic rings. The van der Waals surface area contributed by atoms with E-state index in [9.17, 15) is 24.3 Å². The van der Waals surface area contributed by atoms with Gasteiger partial charge < -0.3 is 33.7 Å². The lowest BCUT2D eigenvalue weighted by Crippen LogP contribution is -2.61. The first-order chi connectivity index (χ1) is 23.8. The van der Waals surface area contributed by atoms with E-state index in [1.165, 1.54) is 14.0 Å². The van der Waals surface area contributed by atoms with Gasteiger partial charge in [0, 0.05) is 43.9 Å². The Morgan fingerprint density at radius 3 is 2.37 bits per heavy atom. The summed E-state index contributed by atoms with van der Waals surface area (Å²) in [4.78, 5) is 56.9. The van der Waals surface area contributed by atoms with Crippen LogP contribution in [0.25, 0.3) is 0 Å². The molecule has 1 unspecified atom stereocenters. The molecule has 3 aliphatic heterocycles. The first-order valence-corrected chi connectivity index (χ1v) is 18.3. The third-order valence-electron chi connectivity index (χ3n) is 11.3. The predicted octanol–water partition coefficient (Wildman–Crippen LogP) is 1.91. The summed E-state index contributed by atoms with van der Waals surface area (Å²) < 4.78 is 32.1. The summed E-state index contributed by atoms with van der Waals surface area (Å²) in [6, 6.07) is -1.34. The van der Waals surface area contributed by atoms with Crippen LogP contribution in [-0.2, 0) is 44.5 Å². The molecule has 0 bridgehead atoms. The van der Waals surface area contributed by atoms with Crippen molar-refractivity contribution in [2.45, 2.75) is 135 Å². The van der Waals surface area contributed by atoms with Crippen molar-refractivity contribution in [1.29, 1.82) is 0 Å². The highest BCUT2D eigenvalue weighted by Gasteiger charge is 2.60. The minimum Gasteiger partial charge on any atom is -0.458 e. The Labute approximate surface area is 302 Å². The minimum absolute atomic E-state index is 0.0892. The molecule has 1 aromatic heterocycles. The molecule has 0 aromatic carbocycles. The lowest BCUT2D eigenvalue weighted by Gasteiger charge is -2.47. The number of carbonyl (C=O) groups is 4. The predicted molar refractivity (Wildman–Crippen MR) is 187 cm³/mol. The summed E-state index contributed by atoms with van der Waals surface area (Å²) in [6.07, 6.45) is -2.31. The molecular formula is C34H57N6O10P. The van der Waals surface area contributed by atoms with Crippen LogP contribution in [0.3, 0.4) is 0 Å². The van der Waals surface area contributed by atoms with Crippen LogP contribution < -0.4 is 5.84 Å². The molecule has 3 fully saturated rings. The van der Waals surface area contributed by atoms with Gasteiger partial charge in [-0.2, -0.15) is 0 Å². The molecule has 4 rings (SSSR count). The number of fused-ring (bicyclic) bond motifs is 1. The molecule has 0 spiro atoms. The van der Waals surface area contributed by atoms with E-state index in [1.807, 2.05) is 25.1 Å².